The lowest BCUT2D eigenvalue weighted by Gasteiger charge is -2.10. The summed E-state index contributed by atoms with van der Waals surface area (Å²) in [5.41, 5.74) is 5.00. The SMILES string of the molecule is CC(NC(=O)COc1ccccc1)C(N)=O. The number of amides is 2. The van der Waals surface area contributed by atoms with E-state index in [1.54, 1.807) is 24.3 Å². The summed E-state index contributed by atoms with van der Waals surface area (Å²) < 4.78 is 5.18. The molecule has 0 aliphatic carbocycles. The van der Waals surface area contributed by atoms with E-state index < -0.39 is 11.9 Å². The van der Waals surface area contributed by atoms with E-state index in [4.69, 9.17) is 10.5 Å². The lowest BCUT2D eigenvalue weighted by Crippen LogP contribution is -2.44. The molecule has 0 heterocycles. The van der Waals surface area contributed by atoms with Crippen molar-refractivity contribution in [3.63, 3.8) is 0 Å². The second kappa shape index (κ2) is 5.75. The fourth-order valence-corrected chi connectivity index (χ4v) is 1.02. The average molecular weight is 222 g/mol. The summed E-state index contributed by atoms with van der Waals surface area (Å²) in [6.07, 6.45) is 0. The third kappa shape index (κ3) is 4.00. The Morgan fingerprint density at radius 1 is 1.38 bits per heavy atom. The molecule has 1 unspecified atom stereocenters. The highest BCUT2D eigenvalue weighted by Crippen LogP contribution is 2.07. The molecule has 0 saturated heterocycles. The van der Waals surface area contributed by atoms with E-state index in [9.17, 15) is 9.59 Å². The molecule has 0 fully saturated rings. The van der Waals surface area contributed by atoms with E-state index >= 15 is 0 Å². The van der Waals surface area contributed by atoms with E-state index in [-0.39, 0.29) is 12.5 Å². The Bertz CT molecular complexity index is 365. The first-order valence-electron chi connectivity index (χ1n) is 4.86. The van der Waals surface area contributed by atoms with Gasteiger partial charge < -0.3 is 15.8 Å². The molecule has 86 valence electrons. The van der Waals surface area contributed by atoms with Crippen molar-refractivity contribution in [1.29, 1.82) is 0 Å². The topological polar surface area (TPSA) is 81.4 Å². The van der Waals surface area contributed by atoms with Gasteiger partial charge >= 0.3 is 0 Å². The molecule has 3 N–H and O–H groups in total. The van der Waals surface area contributed by atoms with E-state index in [0.717, 1.165) is 0 Å². The van der Waals surface area contributed by atoms with E-state index in [0.29, 0.717) is 5.75 Å². The van der Waals surface area contributed by atoms with E-state index in [1.807, 2.05) is 6.07 Å². The Morgan fingerprint density at radius 2 is 2.00 bits per heavy atom. The van der Waals surface area contributed by atoms with Crippen molar-refractivity contribution in [1.82, 2.24) is 5.32 Å². The molecule has 5 nitrogen and oxygen atoms in total. The van der Waals surface area contributed by atoms with Crippen LogP contribution in [-0.4, -0.2) is 24.5 Å². The minimum Gasteiger partial charge on any atom is -0.484 e. The molecule has 1 aromatic carbocycles. The first-order chi connectivity index (χ1) is 7.59. The van der Waals surface area contributed by atoms with Gasteiger partial charge in [-0.25, -0.2) is 0 Å². The molecule has 1 rings (SSSR count). The molecular weight excluding hydrogens is 208 g/mol. The summed E-state index contributed by atoms with van der Waals surface area (Å²) in [6, 6.07) is 8.25. The van der Waals surface area contributed by atoms with Crippen LogP contribution < -0.4 is 15.8 Å². The van der Waals surface area contributed by atoms with Crippen LogP contribution in [0.1, 0.15) is 6.92 Å². The highest BCUT2D eigenvalue weighted by molar-refractivity contribution is 5.86. The number of nitrogens with two attached hydrogens (primary N) is 1. The third-order valence-corrected chi connectivity index (χ3v) is 1.92. The number of hydrogen-bond acceptors (Lipinski definition) is 3. The molecule has 2 amide bonds. The molecule has 0 bridgehead atoms. The van der Waals surface area contributed by atoms with Gasteiger partial charge in [-0.05, 0) is 19.1 Å². The third-order valence-electron chi connectivity index (χ3n) is 1.92. The van der Waals surface area contributed by atoms with Crippen LogP contribution in [0.5, 0.6) is 5.75 Å². The van der Waals surface area contributed by atoms with Crippen molar-refractivity contribution >= 4 is 11.8 Å². The van der Waals surface area contributed by atoms with E-state index in [2.05, 4.69) is 5.32 Å². The predicted octanol–water partition coefficient (Wildman–Crippen LogP) is 0.0554. The smallest absolute Gasteiger partial charge is 0.258 e. The van der Waals surface area contributed by atoms with Crippen LogP contribution in [0, 0.1) is 0 Å². The van der Waals surface area contributed by atoms with Crippen LogP contribution >= 0.6 is 0 Å². The van der Waals surface area contributed by atoms with Crippen LogP contribution in [0.25, 0.3) is 0 Å². The Morgan fingerprint density at radius 3 is 2.56 bits per heavy atom. The highest BCUT2D eigenvalue weighted by Gasteiger charge is 2.12. The molecule has 0 aliphatic rings. The van der Waals surface area contributed by atoms with Crippen molar-refractivity contribution in [2.24, 2.45) is 5.73 Å². The second-order valence-corrected chi connectivity index (χ2v) is 3.29. The summed E-state index contributed by atoms with van der Waals surface area (Å²) in [6.45, 7) is 1.38. The molecule has 0 spiro atoms. The maximum absolute atomic E-state index is 11.3. The zero-order valence-electron chi connectivity index (χ0n) is 8.97. The monoisotopic (exact) mass is 222 g/mol. The standard InChI is InChI=1S/C11H14N2O3/c1-8(11(12)15)13-10(14)7-16-9-5-3-2-4-6-9/h2-6,8H,7H2,1H3,(H2,12,15)(H,13,14). The predicted molar refractivity (Wildman–Crippen MR) is 58.7 cm³/mol. The van der Waals surface area contributed by atoms with Gasteiger partial charge in [-0.3, -0.25) is 9.59 Å². The number of para-hydroxylation sites is 1. The Hall–Kier alpha value is -2.04. The normalized spacial score (nSPS) is 11.6. The van der Waals surface area contributed by atoms with Gasteiger partial charge in [-0.15, -0.1) is 0 Å². The van der Waals surface area contributed by atoms with Crippen molar-refractivity contribution in [2.75, 3.05) is 6.61 Å². The zero-order valence-corrected chi connectivity index (χ0v) is 8.97. The molecule has 0 aliphatic heterocycles. The fraction of sp³-hybridized carbons (Fsp3) is 0.273. The van der Waals surface area contributed by atoms with Gasteiger partial charge in [0.2, 0.25) is 5.91 Å². The molecule has 1 atom stereocenters. The summed E-state index contributed by atoms with van der Waals surface area (Å²) in [4.78, 5) is 22.0. The fourth-order valence-electron chi connectivity index (χ4n) is 1.02. The van der Waals surface area contributed by atoms with Crippen LogP contribution in [0.3, 0.4) is 0 Å². The number of primary amides is 1. The van der Waals surface area contributed by atoms with Gasteiger partial charge in [0.25, 0.3) is 5.91 Å². The minimum absolute atomic E-state index is 0.137. The molecular formula is C11H14N2O3. The number of benzene rings is 1. The zero-order chi connectivity index (χ0) is 12.0. The van der Waals surface area contributed by atoms with Gasteiger partial charge in [0.15, 0.2) is 6.61 Å². The maximum Gasteiger partial charge on any atom is 0.258 e. The number of carbonyl (C=O) groups excluding carboxylic acids is 2. The van der Waals surface area contributed by atoms with E-state index in [1.165, 1.54) is 6.92 Å². The molecule has 0 saturated carbocycles. The van der Waals surface area contributed by atoms with Crippen LogP contribution in [0.15, 0.2) is 30.3 Å². The average Bonchev–Trinajstić information content (AvgIpc) is 2.27. The van der Waals surface area contributed by atoms with Crippen molar-refractivity contribution in [3.05, 3.63) is 30.3 Å². The maximum atomic E-state index is 11.3. The molecule has 1 aromatic rings. The Kier molecular flexibility index (Phi) is 4.32. The van der Waals surface area contributed by atoms with Gasteiger partial charge in [0.1, 0.15) is 11.8 Å². The van der Waals surface area contributed by atoms with Crippen molar-refractivity contribution in [2.45, 2.75) is 13.0 Å². The van der Waals surface area contributed by atoms with Crippen molar-refractivity contribution in [3.8, 4) is 5.75 Å². The largest absolute Gasteiger partial charge is 0.484 e. The number of hydrogen-bond donors (Lipinski definition) is 2. The summed E-state index contributed by atoms with van der Waals surface area (Å²) in [5, 5.41) is 2.41. The van der Waals surface area contributed by atoms with Crippen LogP contribution in [0.4, 0.5) is 0 Å². The highest BCUT2D eigenvalue weighted by atomic mass is 16.5. The first-order valence-corrected chi connectivity index (χ1v) is 4.86. The van der Waals surface area contributed by atoms with Crippen LogP contribution in [0.2, 0.25) is 0 Å². The Labute approximate surface area is 93.6 Å². The number of ether oxygens (including phenoxy) is 1. The van der Waals surface area contributed by atoms with Gasteiger partial charge in [-0.1, -0.05) is 18.2 Å². The summed E-state index contributed by atoms with van der Waals surface area (Å²) in [7, 11) is 0. The number of nitrogens with one attached hydrogen (secondary N) is 1. The summed E-state index contributed by atoms with van der Waals surface area (Å²) in [5.74, 6) is -0.354. The van der Waals surface area contributed by atoms with Gasteiger partial charge in [0.05, 0.1) is 0 Å². The Balaban J connectivity index is 2.33. The number of rotatable bonds is 5. The quantitative estimate of drug-likeness (QED) is 0.738. The number of carbonyl (C=O) groups is 2. The molecule has 5 heteroatoms. The van der Waals surface area contributed by atoms with Crippen LogP contribution in [-0.2, 0) is 9.59 Å². The van der Waals surface area contributed by atoms with Crippen molar-refractivity contribution < 1.29 is 14.3 Å². The minimum atomic E-state index is -0.688. The molecule has 0 radical (unpaired) electrons. The van der Waals surface area contributed by atoms with Gasteiger partial charge in [0, 0.05) is 0 Å². The molecule has 0 aromatic heterocycles. The summed E-state index contributed by atoms with van der Waals surface area (Å²) >= 11 is 0. The first kappa shape index (κ1) is 12.0. The lowest BCUT2D eigenvalue weighted by atomic mass is 10.3. The second-order valence-electron chi connectivity index (χ2n) is 3.29. The molecule has 16 heavy (non-hydrogen) atoms. The van der Waals surface area contributed by atoms with Gasteiger partial charge in [-0.2, -0.15) is 0 Å². The lowest BCUT2D eigenvalue weighted by molar-refractivity contribution is -0.128.